The Kier molecular flexibility index (Phi) is 5.35. The highest BCUT2D eigenvalue weighted by molar-refractivity contribution is 5.97. The summed E-state index contributed by atoms with van der Waals surface area (Å²) in [5.74, 6) is 0.0841. The molecule has 2 amide bonds. The molecule has 0 aliphatic heterocycles. The highest BCUT2D eigenvalue weighted by Gasteiger charge is 2.29. The van der Waals surface area contributed by atoms with Gasteiger partial charge in [-0.1, -0.05) is 6.07 Å². The monoisotopic (exact) mass is 369 g/mol. The number of nitrogens with one attached hydrogen (secondary N) is 2. The van der Waals surface area contributed by atoms with Gasteiger partial charge in [0.1, 0.15) is 5.75 Å². The first-order valence-corrected chi connectivity index (χ1v) is 8.51. The highest BCUT2D eigenvalue weighted by atomic mass is 16.6. The Labute approximate surface area is 155 Å². The van der Waals surface area contributed by atoms with Crippen LogP contribution >= 0.6 is 0 Å². The van der Waals surface area contributed by atoms with Crippen LogP contribution in [0.3, 0.4) is 0 Å². The number of non-ortho nitro benzene ring substituents is 1. The Morgan fingerprint density at radius 3 is 2.33 bits per heavy atom. The van der Waals surface area contributed by atoms with Crippen LogP contribution in [0.2, 0.25) is 0 Å². The predicted octanol–water partition coefficient (Wildman–Crippen LogP) is 3.27. The first-order chi connectivity index (χ1) is 12.9. The van der Waals surface area contributed by atoms with Crippen LogP contribution in [-0.4, -0.2) is 23.3 Å². The van der Waals surface area contributed by atoms with Crippen LogP contribution in [0.25, 0.3) is 0 Å². The number of benzene rings is 2. The van der Waals surface area contributed by atoms with Gasteiger partial charge in [-0.15, -0.1) is 0 Å². The minimum atomic E-state index is -0.506. The third-order valence-corrected chi connectivity index (χ3v) is 4.23. The van der Waals surface area contributed by atoms with Crippen molar-refractivity contribution in [3.63, 3.8) is 0 Å². The maximum atomic E-state index is 12.1. The van der Waals surface area contributed by atoms with Crippen molar-refractivity contribution in [3.8, 4) is 5.75 Å². The Morgan fingerprint density at radius 1 is 1.11 bits per heavy atom. The molecular formula is C19H19N3O5. The van der Waals surface area contributed by atoms with E-state index >= 15 is 0 Å². The van der Waals surface area contributed by atoms with Crippen molar-refractivity contribution >= 4 is 28.9 Å². The summed E-state index contributed by atoms with van der Waals surface area (Å²) >= 11 is 0. The standard InChI is InChI=1S/C19H19N3O5/c1-12-16(3-2-4-17(12)21-19(24)13-5-6-13)20-18(23)11-27-15-9-7-14(8-10-15)22(25)26/h2-4,7-10,13H,5-6,11H2,1H3,(H,20,23)(H,21,24). The van der Waals surface area contributed by atoms with E-state index in [1.165, 1.54) is 24.3 Å². The van der Waals surface area contributed by atoms with E-state index in [0.29, 0.717) is 17.1 Å². The zero-order valence-electron chi connectivity index (χ0n) is 14.7. The maximum Gasteiger partial charge on any atom is 0.269 e. The molecule has 2 aromatic carbocycles. The molecule has 0 saturated heterocycles. The predicted molar refractivity (Wildman–Crippen MR) is 99.8 cm³/mol. The minimum absolute atomic E-state index is 0.00285. The second-order valence-corrected chi connectivity index (χ2v) is 6.33. The Balaban J connectivity index is 1.57. The molecule has 1 aliphatic rings. The number of nitro benzene ring substituents is 1. The first-order valence-electron chi connectivity index (χ1n) is 8.51. The zero-order chi connectivity index (χ0) is 19.4. The van der Waals surface area contributed by atoms with Gasteiger partial charge in [-0.2, -0.15) is 0 Å². The van der Waals surface area contributed by atoms with Gasteiger partial charge >= 0.3 is 0 Å². The SMILES string of the molecule is Cc1c(NC(=O)COc2ccc([N+](=O)[O-])cc2)cccc1NC(=O)C1CC1. The summed E-state index contributed by atoms with van der Waals surface area (Å²) in [5.41, 5.74) is 1.96. The number of rotatable bonds is 7. The van der Waals surface area contributed by atoms with Gasteiger partial charge in [-0.05, 0) is 49.6 Å². The second kappa shape index (κ2) is 7.86. The van der Waals surface area contributed by atoms with Crippen molar-refractivity contribution in [1.29, 1.82) is 0 Å². The Morgan fingerprint density at radius 2 is 1.74 bits per heavy atom. The molecule has 2 N–H and O–H groups in total. The van der Waals surface area contributed by atoms with Crippen LogP contribution in [0.15, 0.2) is 42.5 Å². The number of amides is 2. The molecule has 0 heterocycles. The fourth-order valence-corrected chi connectivity index (χ4v) is 2.49. The molecule has 0 bridgehead atoms. The number of carbonyl (C=O) groups is 2. The molecule has 27 heavy (non-hydrogen) atoms. The average molecular weight is 369 g/mol. The second-order valence-electron chi connectivity index (χ2n) is 6.33. The highest BCUT2D eigenvalue weighted by Crippen LogP contribution is 2.31. The summed E-state index contributed by atoms with van der Waals surface area (Å²) in [4.78, 5) is 34.2. The van der Waals surface area contributed by atoms with Gasteiger partial charge in [0.25, 0.3) is 11.6 Å². The zero-order valence-corrected chi connectivity index (χ0v) is 14.7. The minimum Gasteiger partial charge on any atom is -0.484 e. The molecule has 0 atom stereocenters. The lowest BCUT2D eigenvalue weighted by molar-refractivity contribution is -0.384. The summed E-state index contributed by atoms with van der Waals surface area (Å²) in [6.45, 7) is 1.57. The van der Waals surface area contributed by atoms with Crippen LogP contribution in [0.1, 0.15) is 18.4 Å². The molecule has 0 unspecified atom stereocenters. The fraction of sp³-hybridized carbons (Fsp3) is 0.263. The van der Waals surface area contributed by atoms with Crippen LogP contribution < -0.4 is 15.4 Å². The molecule has 0 spiro atoms. The molecule has 140 valence electrons. The maximum absolute atomic E-state index is 12.1. The van der Waals surface area contributed by atoms with Gasteiger partial charge in [0.15, 0.2) is 6.61 Å². The third-order valence-electron chi connectivity index (χ3n) is 4.23. The lowest BCUT2D eigenvalue weighted by Gasteiger charge is -2.13. The number of anilines is 2. The summed E-state index contributed by atoms with van der Waals surface area (Å²) in [6, 6.07) is 10.8. The van der Waals surface area contributed by atoms with E-state index in [4.69, 9.17) is 4.74 Å². The van der Waals surface area contributed by atoms with Gasteiger partial charge in [0.05, 0.1) is 4.92 Å². The van der Waals surface area contributed by atoms with Crippen LogP contribution in [0, 0.1) is 23.0 Å². The molecule has 0 aromatic heterocycles. The van der Waals surface area contributed by atoms with E-state index in [1.807, 2.05) is 6.92 Å². The van der Waals surface area contributed by atoms with Crippen molar-refractivity contribution in [2.75, 3.05) is 17.2 Å². The van der Waals surface area contributed by atoms with Crippen molar-refractivity contribution in [2.45, 2.75) is 19.8 Å². The molecule has 1 saturated carbocycles. The lowest BCUT2D eigenvalue weighted by atomic mass is 10.1. The summed E-state index contributed by atoms with van der Waals surface area (Å²) in [6.07, 6.45) is 1.84. The first kappa shape index (κ1) is 18.4. The van der Waals surface area contributed by atoms with E-state index in [-0.39, 0.29) is 30.0 Å². The van der Waals surface area contributed by atoms with E-state index in [1.54, 1.807) is 18.2 Å². The third kappa shape index (κ3) is 4.81. The van der Waals surface area contributed by atoms with E-state index in [2.05, 4.69) is 10.6 Å². The van der Waals surface area contributed by atoms with Crippen LogP contribution in [0.4, 0.5) is 17.1 Å². The Hall–Kier alpha value is -3.42. The molecular weight excluding hydrogens is 350 g/mol. The lowest BCUT2D eigenvalue weighted by Crippen LogP contribution is -2.21. The fourth-order valence-electron chi connectivity index (χ4n) is 2.49. The summed E-state index contributed by atoms with van der Waals surface area (Å²) in [7, 11) is 0. The van der Waals surface area contributed by atoms with Gasteiger partial charge < -0.3 is 15.4 Å². The number of nitrogens with zero attached hydrogens (tertiary/aromatic N) is 1. The molecule has 1 fully saturated rings. The number of hydrogen-bond acceptors (Lipinski definition) is 5. The summed E-state index contributed by atoms with van der Waals surface area (Å²) in [5, 5.41) is 16.2. The molecule has 0 radical (unpaired) electrons. The van der Waals surface area contributed by atoms with E-state index < -0.39 is 4.92 Å². The number of nitro groups is 1. The Bertz CT molecular complexity index is 875. The molecule has 8 nitrogen and oxygen atoms in total. The van der Waals surface area contributed by atoms with Crippen molar-refractivity contribution < 1.29 is 19.2 Å². The average Bonchev–Trinajstić information content (AvgIpc) is 3.49. The molecule has 8 heteroatoms. The van der Waals surface area contributed by atoms with Crippen LogP contribution in [0.5, 0.6) is 5.75 Å². The molecule has 2 aromatic rings. The number of ether oxygens (including phenoxy) is 1. The molecule has 1 aliphatic carbocycles. The van der Waals surface area contributed by atoms with Crippen molar-refractivity contribution in [1.82, 2.24) is 0 Å². The van der Waals surface area contributed by atoms with Crippen molar-refractivity contribution in [2.24, 2.45) is 5.92 Å². The number of carbonyl (C=O) groups excluding carboxylic acids is 2. The quantitative estimate of drug-likeness (QED) is 0.575. The topological polar surface area (TPSA) is 111 Å². The van der Waals surface area contributed by atoms with Gasteiger partial charge in [-0.25, -0.2) is 0 Å². The van der Waals surface area contributed by atoms with E-state index in [0.717, 1.165) is 18.4 Å². The number of hydrogen-bond donors (Lipinski definition) is 2. The normalized spacial score (nSPS) is 12.9. The van der Waals surface area contributed by atoms with Gasteiger partial charge in [0.2, 0.25) is 5.91 Å². The summed E-state index contributed by atoms with van der Waals surface area (Å²) < 4.78 is 5.34. The smallest absolute Gasteiger partial charge is 0.269 e. The van der Waals surface area contributed by atoms with Crippen molar-refractivity contribution in [3.05, 3.63) is 58.1 Å². The van der Waals surface area contributed by atoms with Crippen LogP contribution in [-0.2, 0) is 9.59 Å². The van der Waals surface area contributed by atoms with Gasteiger partial charge in [-0.3, -0.25) is 19.7 Å². The molecule has 3 rings (SSSR count). The largest absolute Gasteiger partial charge is 0.484 e. The van der Waals surface area contributed by atoms with Gasteiger partial charge in [0, 0.05) is 29.4 Å². The van der Waals surface area contributed by atoms with E-state index in [9.17, 15) is 19.7 Å².